The monoisotopic (exact) mass is 506 g/mol. The summed E-state index contributed by atoms with van der Waals surface area (Å²) in [5.74, 6) is -0.991. The number of benzene rings is 3. The largest absolute Gasteiger partial charge is 0.503 e. The second kappa shape index (κ2) is 9.19. The molecule has 1 aliphatic heterocycles. The van der Waals surface area contributed by atoms with Crippen molar-refractivity contribution >= 4 is 33.8 Å². The number of rotatable bonds is 6. The van der Waals surface area contributed by atoms with Gasteiger partial charge >= 0.3 is 0 Å². The molecule has 7 heteroatoms. The first-order valence-corrected chi connectivity index (χ1v) is 12.7. The van der Waals surface area contributed by atoms with Crippen LogP contribution in [0.1, 0.15) is 32.7 Å². The molecule has 0 fully saturated rings. The van der Waals surface area contributed by atoms with Crippen molar-refractivity contribution in [3.8, 4) is 10.6 Å². The lowest BCUT2D eigenvalue weighted by Gasteiger charge is -2.27. The number of aliphatic hydroxyl groups excluding tert-OH is 1. The number of ketones is 1. The van der Waals surface area contributed by atoms with Crippen LogP contribution in [0.5, 0.6) is 0 Å². The number of carbonyl (C=O) groups is 2. The van der Waals surface area contributed by atoms with E-state index in [0.29, 0.717) is 21.3 Å². The van der Waals surface area contributed by atoms with Crippen molar-refractivity contribution in [1.29, 1.82) is 0 Å². The Hall–Kier alpha value is -4.49. The Morgan fingerprint density at radius 1 is 1.00 bits per heavy atom. The van der Waals surface area contributed by atoms with Crippen LogP contribution in [-0.4, -0.2) is 26.7 Å². The minimum absolute atomic E-state index is 0.0549. The van der Waals surface area contributed by atoms with Crippen LogP contribution in [0.25, 0.3) is 21.3 Å². The van der Waals surface area contributed by atoms with Crippen LogP contribution < -0.4 is 0 Å². The molecule has 5 aromatic rings. The topological polar surface area (TPSA) is 83.6 Å². The van der Waals surface area contributed by atoms with Crippen LogP contribution in [0.3, 0.4) is 0 Å². The van der Waals surface area contributed by atoms with Gasteiger partial charge in [-0.3, -0.25) is 9.59 Å². The molecule has 37 heavy (non-hydrogen) atoms. The zero-order chi connectivity index (χ0) is 25.5. The van der Waals surface area contributed by atoms with Crippen molar-refractivity contribution in [2.24, 2.45) is 0 Å². The van der Waals surface area contributed by atoms with Crippen molar-refractivity contribution in [3.05, 3.63) is 124 Å². The predicted molar refractivity (Wildman–Crippen MR) is 142 cm³/mol. The van der Waals surface area contributed by atoms with E-state index in [9.17, 15) is 14.7 Å². The van der Waals surface area contributed by atoms with E-state index in [4.69, 9.17) is 4.42 Å². The highest BCUT2D eigenvalue weighted by atomic mass is 32.1. The molecule has 6 nitrogen and oxygen atoms in total. The van der Waals surface area contributed by atoms with Gasteiger partial charge in [-0.25, -0.2) is 4.98 Å². The molecule has 0 radical (unpaired) electrons. The molecule has 3 aromatic carbocycles. The van der Waals surface area contributed by atoms with E-state index in [1.54, 1.807) is 19.1 Å². The lowest BCUT2D eigenvalue weighted by atomic mass is 9.91. The molecule has 1 atom stereocenters. The second-order valence-electron chi connectivity index (χ2n) is 8.87. The number of aryl methyl sites for hydroxylation is 1. The van der Waals surface area contributed by atoms with E-state index in [-0.39, 0.29) is 12.1 Å². The fourth-order valence-electron chi connectivity index (χ4n) is 4.86. The van der Waals surface area contributed by atoms with Gasteiger partial charge in [-0.2, -0.15) is 0 Å². The van der Waals surface area contributed by atoms with E-state index in [2.05, 4.69) is 4.98 Å². The Labute approximate surface area is 217 Å². The van der Waals surface area contributed by atoms with Gasteiger partial charge in [0.1, 0.15) is 10.8 Å². The molecule has 0 bridgehead atoms. The molecule has 1 unspecified atom stereocenters. The normalized spacial score (nSPS) is 15.6. The molecule has 1 aliphatic rings. The van der Waals surface area contributed by atoms with Gasteiger partial charge in [-0.05, 0) is 35.4 Å². The van der Waals surface area contributed by atoms with Crippen LogP contribution in [0.15, 0.2) is 107 Å². The second-order valence-corrected chi connectivity index (χ2v) is 9.87. The third-order valence-corrected chi connectivity index (χ3v) is 7.80. The molecule has 0 spiro atoms. The highest BCUT2D eigenvalue weighted by molar-refractivity contribution is 7.17. The Bertz CT molecular complexity index is 1660. The zero-order valence-electron chi connectivity index (χ0n) is 19.9. The summed E-state index contributed by atoms with van der Waals surface area (Å²) >= 11 is 1.26. The number of carbonyl (C=O) groups excluding carboxylic acids is 2. The van der Waals surface area contributed by atoms with Gasteiger partial charge in [0.05, 0.1) is 35.0 Å². The molecule has 0 saturated heterocycles. The maximum Gasteiger partial charge on any atom is 0.290 e. The maximum atomic E-state index is 14.1. The van der Waals surface area contributed by atoms with Crippen LogP contribution in [0.4, 0.5) is 0 Å². The van der Waals surface area contributed by atoms with Crippen LogP contribution in [0, 0.1) is 6.92 Å². The summed E-state index contributed by atoms with van der Waals surface area (Å²) in [7, 11) is 0. The first-order chi connectivity index (χ1) is 18.0. The van der Waals surface area contributed by atoms with Gasteiger partial charge in [-0.1, -0.05) is 72.8 Å². The Morgan fingerprint density at radius 3 is 2.54 bits per heavy atom. The SMILES string of the molecule is Cc1nc(-c2ccccc2)sc1C(=O)C1=C(O)C(=O)N(Cc2ccco2)C1c1cccc2ccccc12. The first kappa shape index (κ1) is 22.9. The number of fused-ring (bicyclic) bond motifs is 1. The molecule has 1 amide bonds. The number of amides is 1. The standard InChI is InChI=1S/C30H22N2O4S/c1-18-28(37-29(31-18)20-10-3-2-4-11-20)26(33)24-25(23-15-7-12-19-9-5-6-14-22(19)23)32(30(35)27(24)34)17-21-13-8-16-36-21/h2-16,25,34H,17H2,1H3. The van der Waals surface area contributed by atoms with Gasteiger partial charge in [0.15, 0.2) is 5.76 Å². The molecule has 2 aromatic heterocycles. The summed E-state index contributed by atoms with van der Waals surface area (Å²) in [6.45, 7) is 1.88. The summed E-state index contributed by atoms with van der Waals surface area (Å²) < 4.78 is 5.52. The van der Waals surface area contributed by atoms with Gasteiger partial charge in [0, 0.05) is 5.56 Å². The summed E-state index contributed by atoms with van der Waals surface area (Å²) in [5, 5.41) is 13.7. The number of nitrogens with zero attached hydrogens (tertiary/aromatic N) is 2. The zero-order valence-corrected chi connectivity index (χ0v) is 20.7. The maximum absolute atomic E-state index is 14.1. The highest BCUT2D eigenvalue weighted by Crippen LogP contribution is 2.43. The van der Waals surface area contributed by atoms with E-state index in [0.717, 1.165) is 21.9 Å². The highest BCUT2D eigenvalue weighted by Gasteiger charge is 2.45. The van der Waals surface area contributed by atoms with Crippen molar-refractivity contribution in [1.82, 2.24) is 9.88 Å². The van der Waals surface area contributed by atoms with Crippen molar-refractivity contribution in [2.45, 2.75) is 19.5 Å². The molecule has 0 aliphatic carbocycles. The quantitative estimate of drug-likeness (QED) is 0.261. The number of hydrogen-bond donors (Lipinski definition) is 1. The minimum Gasteiger partial charge on any atom is -0.503 e. The van der Waals surface area contributed by atoms with Gasteiger partial charge < -0.3 is 14.4 Å². The molecule has 0 saturated carbocycles. The molecular weight excluding hydrogens is 484 g/mol. The Kier molecular flexibility index (Phi) is 5.70. The molecule has 1 N–H and O–H groups in total. The van der Waals surface area contributed by atoms with Gasteiger partial charge in [0.25, 0.3) is 5.91 Å². The summed E-state index contributed by atoms with van der Waals surface area (Å²) in [4.78, 5) is 34.0. The van der Waals surface area contributed by atoms with Crippen molar-refractivity contribution in [2.75, 3.05) is 0 Å². The summed E-state index contributed by atoms with van der Waals surface area (Å²) in [5.41, 5.74) is 2.28. The third kappa shape index (κ3) is 3.93. The van der Waals surface area contributed by atoms with Crippen LogP contribution in [-0.2, 0) is 11.3 Å². The Balaban J connectivity index is 1.49. The number of hydrogen-bond acceptors (Lipinski definition) is 6. The average molecular weight is 507 g/mol. The van der Waals surface area contributed by atoms with E-state index < -0.39 is 23.5 Å². The fraction of sp³-hybridized carbons (Fsp3) is 0.100. The summed E-state index contributed by atoms with van der Waals surface area (Å²) in [6.07, 6.45) is 1.54. The van der Waals surface area contributed by atoms with Gasteiger partial charge in [-0.15, -0.1) is 11.3 Å². The Morgan fingerprint density at radius 2 is 1.76 bits per heavy atom. The van der Waals surface area contributed by atoms with E-state index in [1.165, 1.54) is 22.5 Å². The van der Waals surface area contributed by atoms with E-state index >= 15 is 0 Å². The fourth-order valence-corrected chi connectivity index (χ4v) is 5.89. The van der Waals surface area contributed by atoms with Crippen LogP contribution in [0.2, 0.25) is 0 Å². The summed E-state index contributed by atoms with van der Waals surface area (Å²) in [6, 6.07) is 25.9. The lowest BCUT2D eigenvalue weighted by molar-refractivity contribution is -0.130. The lowest BCUT2D eigenvalue weighted by Crippen LogP contribution is -2.30. The molecule has 182 valence electrons. The van der Waals surface area contributed by atoms with Gasteiger partial charge in [0.2, 0.25) is 5.78 Å². The number of aliphatic hydroxyl groups is 1. The average Bonchev–Trinajstić information content (AvgIpc) is 3.64. The third-order valence-electron chi connectivity index (χ3n) is 6.60. The minimum atomic E-state index is -0.794. The molecule has 6 rings (SSSR count). The molecule has 3 heterocycles. The predicted octanol–water partition coefficient (Wildman–Crippen LogP) is 6.64. The first-order valence-electron chi connectivity index (χ1n) is 11.8. The number of furan rings is 1. The number of Topliss-reactive ketones (excluding diaryl/α,β-unsaturated/α-hetero) is 1. The van der Waals surface area contributed by atoms with E-state index in [1.807, 2.05) is 72.8 Å². The molecular formula is C30H22N2O4S. The van der Waals surface area contributed by atoms with Crippen molar-refractivity contribution < 1.29 is 19.1 Å². The van der Waals surface area contributed by atoms with Crippen LogP contribution >= 0.6 is 11.3 Å². The smallest absolute Gasteiger partial charge is 0.290 e. The van der Waals surface area contributed by atoms with Crippen molar-refractivity contribution in [3.63, 3.8) is 0 Å². The number of aromatic nitrogens is 1. The number of thiazole rings is 1.